The highest BCUT2D eigenvalue weighted by Crippen LogP contribution is 2.14. The van der Waals surface area contributed by atoms with E-state index in [0.29, 0.717) is 0 Å². The number of nitrogens with zero attached hydrogens (tertiary/aromatic N) is 4. The van der Waals surface area contributed by atoms with Crippen LogP contribution in [0.3, 0.4) is 0 Å². The third-order valence-electron chi connectivity index (χ3n) is 2.64. The Balaban J connectivity index is 2.13. The molecule has 2 N–H and O–H groups in total. The van der Waals surface area contributed by atoms with Gasteiger partial charge in [0.15, 0.2) is 0 Å². The normalized spacial score (nSPS) is 13.0. The van der Waals surface area contributed by atoms with Gasteiger partial charge in [0.1, 0.15) is 0 Å². The van der Waals surface area contributed by atoms with E-state index in [1.807, 2.05) is 38.0 Å². The van der Waals surface area contributed by atoms with Crippen molar-refractivity contribution in [2.24, 2.45) is 19.8 Å². The molecular formula is C11H17N5. The van der Waals surface area contributed by atoms with Crippen LogP contribution in [0.2, 0.25) is 0 Å². The Labute approximate surface area is 94.9 Å². The molecule has 1 unspecified atom stereocenters. The summed E-state index contributed by atoms with van der Waals surface area (Å²) in [6.07, 6.45) is 2.66. The maximum absolute atomic E-state index is 6.10. The number of nitrogens with two attached hydrogens (primary N) is 1. The van der Waals surface area contributed by atoms with Gasteiger partial charge in [0.25, 0.3) is 0 Å². The lowest BCUT2D eigenvalue weighted by molar-refractivity contribution is 0.614. The lowest BCUT2D eigenvalue weighted by Crippen LogP contribution is -2.16. The van der Waals surface area contributed by atoms with E-state index in [0.717, 1.165) is 23.5 Å². The molecule has 0 radical (unpaired) electrons. The fourth-order valence-electron chi connectivity index (χ4n) is 1.82. The SMILES string of the molecule is Cc1cc(CC(N)c2ccn(C)n2)n(C)n1. The molecule has 2 aromatic rings. The van der Waals surface area contributed by atoms with Crippen LogP contribution < -0.4 is 5.73 Å². The maximum Gasteiger partial charge on any atom is 0.0795 e. The van der Waals surface area contributed by atoms with Gasteiger partial charge < -0.3 is 5.73 Å². The highest BCUT2D eigenvalue weighted by atomic mass is 15.3. The van der Waals surface area contributed by atoms with Crippen LogP contribution in [0.1, 0.15) is 23.1 Å². The second-order valence-electron chi connectivity index (χ2n) is 4.13. The van der Waals surface area contributed by atoms with Crippen molar-refractivity contribution in [1.29, 1.82) is 0 Å². The molecule has 0 aliphatic rings. The molecule has 5 heteroatoms. The van der Waals surface area contributed by atoms with Crippen LogP contribution in [0.4, 0.5) is 0 Å². The van der Waals surface area contributed by atoms with Gasteiger partial charge in [-0.05, 0) is 19.1 Å². The van der Waals surface area contributed by atoms with Crippen molar-refractivity contribution in [3.8, 4) is 0 Å². The molecule has 16 heavy (non-hydrogen) atoms. The first-order valence-electron chi connectivity index (χ1n) is 5.31. The van der Waals surface area contributed by atoms with Crippen molar-refractivity contribution >= 4 is 0 Å². The average molecular weight is 219 g/mol. The lowest BCUT2D eigenvalue weighted by atomic mass is 10.1. The summed E-state index contributed by atoms with van der Waals surface area (Å²) in [7, 11) is 3.83. The van der Waals surface area contributed by atoms with E-state index in [1.54, 1.807) is 4.68 Å². The molecule has 0 saturated heterocycles. The molecule has 2 aromatic heterocycles. The van der Waals surface area contributed by atoms with Crippen LogP contribution in [0, 0.1) is 6.92 Å². The van der Waals surface area contributed by atoms with Gasteiger partial charge in [-0.15, -0.1) is 0 Å². The zero-order chi connectivity index (χ0) is 11.7. The Kier molecular flexibility index (Phi) is 2.78. The van der Waals surface area contributed by atoms with Gasteiger partial charge in [-0.3, -0.25) is 9.36 Å². The summed E-state index contributed by atoms with van der Waals surface area (Å²) >= 11 is 0. The number of hydrogen-bond acceptors (Lipinski definition) is 3. The van der Waals surface area contributed by atoms with Crippen molar-refractivity contribution < 1.29 is 0 Å². The fraction of sp³-hybridized carbons (Fsp3) is 0.455. The molecule has 1 atom stereocenters. The average Bonchev–Trinajstić information content (AvgIpc) is 2.74. The summed E-state index contributed by atoms with van der Waals surface area (Å²) in [4.78, 5) is 0. The molecule has 0 aliphatic carbocycles. The fourth-order valence-corrected chi connectivity index (χ4v) is 1.82. The molecule has 0 fully saturated rings. The zero-order valence-corrected chi connectivity index (χ0v) is 9.88. The highest BCUT2D eigenvalue weighted by Gasteiger charge is 2.12. The van der Waals surface area contributed by atoms with E-state index in [-0.39, 0.29) is 6.04 Å². The molecule has 0 amide bonds. The molecule has 0 saturated carbocycles. The van der Waals surface area contributed by atoms with Gasteiger partial charge in [0.05, 0.1) is 17.4 Å². The molecule has 2 heterocycles. The second kappa shape index (κ2) is 4.09. The third-order valence-corrected chi connectivity index (χ3v) is 2.64. The van der Waals surface area contributed by atoms with Crippen LogP contribution in [0.25, 0.3) is 0 Å². The number of rotatable bonds is 3. The summed E-state index contributed by atoms with van der Waals surface area (Å²) in [5.74, 6) is 0. The Morgan fingerprint density at radius 1 is 1.38 bits per heavy atom. The summed E-state index contributed by atoms with van der Waals surface area (Å²) in [6, 6.07) is 3.94. The first kappa shape index (κ1) is 10.9. The number of hydrogen-bond donors (Lipinski definition) is 1. The molecule has 0 spiro atoms. The largest absolute Gasteiger partial charge is 0.322 e. The van der Waals surface area contributed by atoms with Crippen molar-refractivity contribution in [2.45, 2.75) is 19.4 Å². The number of aromatic nitrogens is 4. The van der Waals surface area contributed by atoms with Gasteiger partial charge in [0, 0.05) is 32.4 Å². The van der Waals surface area contributed by atoms with Crippen molar-refractivity contribution in [1.82, 2.24) is 19.6 Å². The maximum atomic E-state index is 6.10. The minimum absolute atomic E-state index is 0.0731. The van der Waals surface area contributed by atoms with Crippen molar-refractivity contribution in [3.63, 3.8) is 0 Å². The molecule has 0 bridgehead atoms. The molecule has 5 nitrogen and oxygen atoms in total. The van der Waals surface area contributed by atoms with Crippen molar-refractivity contribution in [3.05, 3.63) is 35.4 Å². The summed E-state index contributed by atoms with van der Waals surface area (Å²) in [5.41, 5.74) is 9.17. The monoisotopic (exact) mass is 219 g/mol. The van der Waals surface area contributed by atoms with Crippen LogP contribution in [0.15, 0.2) is 18.3 Å². The van der Waals surface area contributed by atoms with Crippen LogP contribution in [-0.4, -0.2) is 19.6 Å². The van der Waals surface area contributed by atoms with Crippen LogP contribution >= 0.6 is 0 Å². The Bertz CT molecular complexity index is 482. The van der Waals surface area contributed by atoms with Crippen LogP contribution in [-0.2, 0) is 20.5 Å². The van der Waals surface area contributed by atoms with E-state index >= 15 is 0 Å². The first-order chi connectivity index (χ1) is 7.56. The molecule has 0 aromatic carbocycles. The molecular weight excluding hydrogens is 202 g/mol. The Morgan fingerprint density at radius 2 is 2.12 bits per heavy atom. The Morgan fingerprint density at radius 3 is 2.62 bits per heavy atom. The van der Waals surface area contributed by atoms with Gasteiger partial charge >= 0.3 is 0 Å². The van der Waals surface area contributed by atoms with E-state index in [1.165, 1.54) is 0 Å². The standard InChI is InChI=1S/C11H17N5/c1-8-6-9(16(3)13-8)7-10(12)11-4-5-15(2)14-11/h4-6,10H,7,12H2,1-3H3. The molecule has 0 aliphatic heterocycles. The summed E-state index contributed by atoms with van der Waals surface area (Å²) in [5, 5.41) is 8.60. The van der Waals surface area contributed by atoms with E-state index in [2.05, 4.69) is 16.3 Å². The Hall–Kier alpha value is -1.62. The minimum atomic E-state index is -0.0731. The lowest BCUT2D eigenvalue weighted by Gasteiger charge is -2.08. The van der Waals surface area contributed by atoms with Gasteiger partial charge in [-0.25, -0.2) is 0 Å². The van der Waals surface area contributed by atoms with Crippen molar-refractivity contribution in [2.75, 3.05) is 0 Å². The number of aryl methyl sites for hydroxylation is 3. The predicted molar refractivity (Wildman–Crippen MR) is 61.8 cm³/mol. The quantitative estimate of drug-likeness (QED) is 0.826. The predicted octanol–water partition coefficient (Wildman–Crippen LogP) is 0.705. The van der Waals surface area contributed by atoms with E-state index < -0.39 is 0 Å². The zero-order valence-electron chi connectivity index (χ0n) is 9.88. The minimum Gasteiger partial charge on any atom is -0.322 e. The van der Waals surface area contributed by atoms with E-state index in [9.17, 15) is 0 Å². The first-order valence-corrected chi connectivity index (χ1v) is 5.31. The highest BCUT2D eigenvalue weighted by molar-refractivity contribution is 5.14. The van der Waals surface area contributed by atoms with Gasteiger partial charge in [-0.2, -0.15) is 10.2 Å². The van der Waals surface area contributed by atoms with Gasteiger partial charge in [-0.1, -0.05) is 0 Å². The second-order valence-corrected chi connectivity index (χ2v) is 4.13. The summed E-state index contributed by atoms with van der Waals surface area (Å²) < 4.78 is 3.64. The van der Waals surface area contributed by atoms with Gasteiger partial charge in [0.2, 0.25) is 0 Å². The summed E-state index contributed by atoms with van der Waals surface area (Å²) in [6.45, 7) is 1.98. The van der Waals surface area contributed by atoms with Crippen LogP contribution in [0.5, 0.6) is 0 Å². The topological polar surface area (TPSA) is 61.7 Å². The smallest absolute Gasteiger partial charge is 0.0795 e. The molecule has 86 valence electrons. The van der Waals surface area contributed by atoms with E-state index in [4.69, 9.17) is 5.73 Å². The molecule has 2 rings (SSSR count). The third kappa shape index (κ3) is 2.14.